The number of anilines is 1. The molecule has 2 aromatic rings. The van der Waals surface area contributed by atoms with Crippen LogP contribution in [0.2, 0.25) is 0 Å². The Hall–Kier alpha value is -1.14. The molecule has 1 aromatic heterocycles. The Labute approximate surface area is 138 Å². The van der Waals surface area contributed by atoms with Gasteiger partial charge in [0.1, 0.15) is 5.60 Å². The molecule has 0 aliphatic carbocycles. The van der Waals surface area contributed by atoms with E-state index in [-0.39, 0.29) is 5.97 Å². The summed E-state index contributed by atoms with van der Waals surface area (Å²) in [5, 5.41) is 5.21. The SMILES string of the molecule is CC(C)(C)OC(=O)/C=C/c1cc(N)c2cnn(PI)c2c1. The van der Waals surface area contributed by atoms with Crippen LogP contribution in [-0.4, -0.2) is 21.1 Å². The molecule has 5 nitrogen and oxygen atoms in total. The smallest absolute Gasteiger partial charge is 0.331 e. The number of esters is 1. The van der Waals surface area contributed by atoms with Crippen LogP contribution in [-0.2, 0) is 9.53 Å². The third kappa shape index (κ3) is 4.17. The Balaban J connectivity index is 2.28. The van der Waals surface area contributed by atoms with E-state index in [1.807, 2.05) is 37.4 Å². The summed E-state index contributed by atoms with van der Waals surface area (Å²) >= 11 is 2.26. The molecule has 21 heavy (non-hydrogen) atoms. The van der Waals surface area contributed by atoms with Gasteiger partial charge in [-0.25, -0.2) is 9.25 Å². The molecule has 2 rings (SSSR count). The molecule has 1 aromatic carbocycles. The third-order valence-electron chi connectivity index (χ3n) is 2.64. The van der Waals surface area contributed by atoms with Gasteiger partial charge in [-0.1, -0.05) is 0 Å². The second-order valence-corrected chi connectivity index (χ2v) is 7.59. The summed E-state index contributed by atoms with van der Waals surface area (Å²) in [6, 6.07) is 3.79. The maximum atomic E-state index is 11.7. The fourth-order valence-electron chi connectivity index (χ4n) is 1.84. The number of hydrogen-bond donors (Lipinski definition) is 1. The van der Waals surface area contributed by atoms with Crippen molar-refractivity contribution in [2.75, 3.05) is 5.73 Å². The van der Waals surface area contributed by atoms with Crippen LogP contribution in [0.1, 0.15) is 26.3 Å². The minimum absolute atomic E-state index is 0.370. The topological polar surface area (TPSA) is 70.1 Å². The first kappa shape index (κ1) is 16.2. The number of benzene rings is 1. The number of nitrogen functional groups attached to an aromatic ring is 1. The summed E-state index contributed by atoms with van der Waals surface area (Å²) in [6.07, 6.45) is 5.38. The molecule has 1 unspecified atom stereocenters. The number of ether oxygens (including phenoxy) is 1. The zero-order valence-electron chi connectivity index (χ0n) is 12.1. The van der Waals surface area contributed by atoms with E-state index in [9.17, 15) is 4.79 Å². The lowest BCUT2D eigenvalue weighted by Gasteiger charge is -2.17. The first-order valence-corrected chi connectivity index (χ1v) is 10.4. The summed E-state index contributed by atoms with van der Waals surface area (Å²) in [5.74, 6) is -0.370. The first-order chi connectivity index (χ1) is 9.80. The van der Waals surface area contributed by atoms with E-state index in [0.717, 1.165) is 16.5 Å². The van der Waals surface area contributed by atoms with Crippen LogP contribution in [0.5, 0.6) is 0 Å². The number of halogens is 1. The van der Waals surface area contributed by atoms with Gasteiger partial charge in [-0.2, -0.15) is 5.10 Å². The molecule has 0 bridgehead atoms. The van der Waals surface area contributed by atoms with Crippen molar-refractivity contribution in [1.29, 1.82) is 0 Å². The van der Waals surface area contributed by atoms with E-state index in [4.69, 9.17) is 10.5 Å². The summed E-state index contributed by atoms with van der Waals surface area (Å²) in [5.41, 5.74) is 8.00. The van der Waals surface area contributed by atoms with E-state index in [2.05, 4.69) is 27.1 Å². The van der Waals surface area contributed by atoms with Gasteiger partial charge in [-0.15, -0.1) is 0 Å². The molecular weight excluding hydrogens is 400 g/mol. The number of carbonyl (C=O) groups excluding carboxylic acids is 1. The highest BCUT2D eigenvalue weighted by molar-refractivity contribution is 14.2. The molecule has 0 aliphatic heterocycles. The molecule has 7 heteroatoms. The van der Waals surface area contributed by atoms with Crippen LogP contribution < -0.4 is 5.73 Å². The number of carbonyl (C=O) groups is 1. The van der Waals surface area contributed by atoms with Crippen molar-refractivity contribution < 1.29 is 9.53 Å². The normalized spacial score (nSPS) is 12.8. The highest BCUT2D eigenvalue weighted by Gasteiger charge is 2.14. The van der Waals surface area contributed by atoms with Crippen LogP contribution >= 0.6 is 28.4 Å². The van der Waals surface area contributed by atoms with Gasteiger partial charge in [0.15, 0.2) is 0 Å². The fraction of sp³-hybridized carbons (Fsp3) is 0.286. The van der Waals surface area contributed by atoms with Crippen molar-refractivity contribution in [3.8, 4) is 0 Å². The van der Waals surface area contributed by atoms with Gasteiger partial charge >= 0.3 is 5.97 Å². The number of nitrogens with two attached hydrogens (primary N) is 1. The van der Waals surface area contributed by atoms with Crippen LogP contribution in [0, 0.1) is 0 Å². The van der Waals surface area contributed by atoms with Gasteiger partial charge in [-0.3, -0.25) is 0 Å². The van der Waals surface area contributed by atoms with Crippen molar-refractivity contribution in [2.24, 2.45) is 0 Å². The molecule has 2 N–H and O–H groups in total. The molecular formula is C14H17IN3O2P. The molecule has 0 radical (unpaired) electrons. The van der Waals surface area contributed by atoms with E-state index in [0.29, 0.717) is 12.1 Å². The number of nitrogens with zero attached hydrogens (tertiary/aromatic N) is 2. The maximum Gasteiger partial charge on any atom is 0.331 e. The van der Waals surface area contributed by atoms with Crippen molar-refractivity contribution in [3.63, 3.8) is 0 Å². The van der Waals surface area contributed by atoms with Crippen LogP contribution in [0.15, 0.2) is 24.4 Å². The Kier molecular flexibility index (Phi) is 4.88. The maximum absolute atomic E-state index is 11.7. The number of fused-ring (bicyclic) bond motifs is 1. The molecule has 0 amide bonds. The van der Waals surface area contributed by atoms with Gasteiger partial charge < -0.3 is 10.5 Å². The predicted molar refractivity (Wildman–Crippen MR) is 96.8 cm³/mol. The zero-order chi connectivity index (χ0) is 15.6. The van der Waals surface area contributed by atoms with E-state index in [1.165, 1.54) is 6.08 Å². The number of hydrogen-bond acceptors (Lipinski definition) is 4. The molecule has 0 fully saturated rings. The second kappa shape index (κ2) is 6.32. The standard InChI is InChI=1S/C14H17IN3O2P/c1-14(2,3)20-13(19)5-4-9-6-11(16)10-8-17-18(21-15)12(10)7-9/h4-8,21H,16H2,1-3H3/b5-4+. The third-order valence-corrected chi connectivity index (χ3v) is 4.53. The van der Waals surface area contributed by atoms with Gasteiger partial charge in [-0.05, 0) is 66.6 Å². The highest BCUT2D eigenvalue weighted by atomic mass is 127. The predicted octanol–water partition coefficient (Wildman–Crippen LogP) is 3.77. The molecule has 0 saturated carbocycles. The number of aromatic nitrogens is 2. The molecule has 0 spiro atoms. The van der Waals surface area contributed by atoms with Crippen molar-refractivity contribution in [3.05, 3.63) is 30.0 Å². The monoisotopic (exact) mass is 417 g/mol. The second-order valence-electron chi connectivity index (χ2n) is 5.55. The Morgan fingerprint density at radius 1 is 1.48 bits per heavy atom. The van der Waals surface area contributed by atoms with Gasteiger partial charge in [0.05, 0.1) is 18.1 Å². The van der Waals surface area contributed by atoms with Gasteiger partial charge in [0, 0.05) is 17.1 Å². The fourth-order valence-corrected chi connectivity index (χ4v) is 3.37. The zero-order valence-corrected chi connectivity index (χ0v) is 15.2. The highest BCUT2D eigenvalue weighted by Crippen LogP contribution is 2.31. The average molecular weight is 417 g/mol. The van der Waals surface area contributed by atoms with E-state index < -0.39 is 5.60 Å². The van der Waals surface area contributed by atoms with E-state index >= 15 is 0 Å². The molecule has 0 saturated heterocycles. The van der Waals surface area contributed by atoms with Crippen LogP contribution in [0.4, 0.5) is 5.69 Å². The van der Waals surface area contributed by atoms with Crippen molar-refractivity contribution in [1.82, 2.24) is 9.55 Å². The number of rotatable bonds is 3. The Bertz CT molecular complexity index is 704. The molecule has 112 valence electrons. The lowest BCUT2D eigenvalue weighted by atomic mass is 10.1. The summed E-state index contributed by atoms with van der Waals surface area (Å²) < 4.78 is 7.12. The lowest BCUT2D eigenvalue weighted by molar-refractivity contribution is -0.148. The Morgan fingerprint density at radius 2 is 2.19 bits per heavy atom. The van der Waals surface area contributed by atoms with Crippen molar-refractivity contribution >= 4 is 57.1 Å². The van der Waals surface area contributed by atoms with Crippen LogP contribution in [0.3, 0.4) is 0 Å². The summed E-state index contributed by atoms with van der Waals surface area (Å²) in [4.78, 5) is 11.7. The quantitative estimate of drug-likeness (QED) is 0.272. The molecule has 1 atom stereocenters. The first-order valence-electron chi connectivity index (χ1n) is 6.35. The molecule has 0 aliphatic rings. The largest absolute Gasteiger partial charge is 0.457 e. The van der Waals surface area contributed by atoms with Crippen molar-refractivity contribution in [2.45, 2.75) is 26.4 Å². The van der Waals surface area contributed by atoms with Crippen LogP contribution in [0.25, 0.3) is 17.0 Å². The minimum atomic E-state index is -0.495. The minimum Gasteiger partial charge on any atom is -0.457 e. The summed E-state index contributed by atoms with van der Waals surface area (Å²) in [6.45, 7) is 5.51. The van der Waals surface area contributed by atoms with E-state index in [1.54, 1.807) is 12.3 Å². The van der Waals surface area contributed by atoms with Gasteiger partial charge in [0.2, 0.25) is 0 Å². The Morgan fingerprint density at radius 3 is 2.81 bits per heavy atom. The summed E-state index contributed by atoms with van der Waals surface area (Å²) in [7, 11) is 0. The molecule has 1 heterocycles. The van der Waals surface area contributed by atoms with Gasteiger partial charge in [0.25, 0.3) is 0 Å². The lowest BCUT2D eigenvalue weighted by Crippen LogP contribution is -2.22. The average Bonchev–Trinajstić information content (AvgIpc) is 2.78.